The second-order valence-corrected chi connectivity index (χ2v) is 4.36. The van der Waals surface area contributed by atoms with Gasteiger partial charge in [-0.25, -0.2) is 0 Å². The number of rotatable bonds is 3. The Morgan fingerprint density at radius 2 is 2.08 bits per heavy atom. The van der Waals surface area contributed by atoms with Crippen LogP contribution in [0.5, 0.6) is 0 Å². The van der Waals surface area contributed by atoms with Crippen molar-refractivity contribution < 1.29 is 4.74 Å². The van der Waals surface area contributed by atoms with Crippen molar-refractivity contribution in [1.82, 2.24) is 0 Å². The molecule has 0 aromatic heterocycles. The van der Waals surface area contributed by atoms with Crippen molar-refractivity contribution in [3.8, 4) is 0 Å². The van der Waals surface area contributed by atoms with E-state index >= 15 is 0 Å². The molecule has 1 heterocycles. The minimum atomic E-state index is 0.245. The van der Waals surface area contributed by atoms with Gasteiger partial charge >= 0.3 is 0 Å². The van der Waals surface area contributed by atoms with E-state index in [0.717, 1.165) is 12.8 Å². The summed E-state index contributed by atoms with van der Waals surface area (Å²) in [5, 5.41) is 0. The molecule has 1 fully saturated rings. The molecule has 0 saturated carbocycles. The van der Waals surface area contributed by atoms with Crippen molar-refractivity contribution >= 4 is 0 Å². The number of ether oxygens (including phenoxy) is 1. The maximum absolute atomic E-state index is 6.02. The van der Waals surface area contributed by atoms with Crippen LogP contribution in [0.3, 0.4) is 0 Å². The summed E-state index contributed by atoms with van der Waals surface area (Å²) in [6.45, 7) is 6.54. The van der Waals surface area contributed by atoms with Crippen molar-refractivity contribution in [3.63, 3.8) is 0 Å². The maximum atomic E-state index is 6.02. The van der Waals surface area contributed by atoms with Gasteiger partial charge in [0, 0.05) is 6.04 Å². The smallest absolute Gasteiger partial charge is 0.0730 e. The van der Waals surface area contributed by atoms with E-state index in [0.29, 0.717) is 18.1 Å². The Hall–Kier alpha value is -0.0800. The Morgan fingerprint density at radius 3 is 2.50 bits per heavy atom. The van der Waals surface area contributed by atoms with E-state index in [2.05, 4.69) is 20.8 Å². The van der Waals surface area contributed by atoms with Crippen LogP contribution in [0.2, 0.25) is 0 Å². The molecule has 1 rings (SSSR count). The molecule has 12 heavy (non-hydrogen) atoms. The van der Waals surface area contributed by atoms with Crippen LogP contribution in [0, 0.1) is 5.92 Å². The molecule has 0 aromatic rings. The molecule has 0 radical (unpaired) electrons. The third-order valence-electron chi connectivity index (χ3n) is 2.49. The first kappa shape index (κ1) is 10.0. The van der Waals surface area contributed by atoms with Gasteiger partial charge in [0.2, 0.25) is 0 Å². The fourth-order valence-electron chi connectivity index (χ4n) is 1.84. The topological polar surface area (TPSA) is 35.2 Å². The molecule has 0 spiro atoms. The van der Waals surface area contributed by atoms with E-state index in [-0.39, 0.29) is 6.04 Å². The first-order valence-electron chi connectivity index (χ1n) is 5.00. The Bertz CT molecular complexity index is 136. The minimum absolute atomic E-state index is 0.245. The molecule has 0 bridgehead atoms. The number of hydrogen-bond acceptors (Lipinski definition) is 2. The summed E-state index contributed by atoms with van der Waals surface area (Å²) in [6, 6.07) is 0.245. The van der Waals surface area contributed by atoms with Gasteiger partial charge in [-0.2, -0.15) is 0 Å². The molecule has 72 valence electrons. The van der Waals surface area contributed by atoms with Crippen LogP contribution < -0.4 is 5.73 Å². The molecule has 1 aliphatic heterocycles. The monoisotopic (exact) mass is 171 g/mol. The zero-order valence-corrected chi connectivity index (χ0v) is 8.42. The molecule has 1 saturated heterocycles. The highest BCUT2D eigenvalue weighted by Crippen LogP contribution is 2.23. The summed E-state index contributed by atoms with van der Waals surface area (Å²) in [5.41, 5.74) is 6.02. The van der Waals surface area contributed by atoms with Crippen molar-refractivity contribution in [3.05, 3.63) is 0 Å². The Kier molecular flexibility index (Phi) is 3.53. The van der Waals surface area contributed by atoms with E-state index in [9.17, 15) is 0 Å². The summed E-state index contributed by atoms with van der Waals surface area (Å²) in [4.78, 5) is 0. The van der Waals surface area contributed by atoms with E-state index in [1.165, 1.54) is 6.42 Å². The molecule has 0 aromatic carbocycles. The van der Waals surface area contributed by atoms with Crippen LogP contribution in [-0.2, 0) is 4.74 Å². The van der Waals surface area contributed by atoms with Crippen molar-refractivity contribution in [1.29, 1.82) is 0 Å². The molecule has 3 atom stereocenters. The number of nitrogens with two attached hydrogens (primary N) is 1. The van der Waals surface area contributed by atoms with E-state index in [4.69, 9.17) is 10.5 Å². The van der Waals surface area contributed by atoms with Gasteiger partial charge in [0.1, 0.15) is 0 Å². The van der Waals surface area contributed by atoms with Gasteiger partial charge < -0.3 is 10.5 Å². The van der Waals surface area contributed by atoms with Gasteiger partial charge in [-0.15, -0.1) is 0 Å². The lowest BCUT2D eigenvalue weighted by molar-refractivity contribution is 0.0363. The fraction of sp³-hybridized carbons (Fsp3) is 1.00. The lowest BCUT2D eigenvalue weighted by Gasteiger charge is -2.20. The van der Waals surface area contributed by atoms with Crippen molar-refractivity contribution in [2.24, 2.45) is 11.7 Å². The average Bonchev–Trinajstić information content (AvgIpc) is 2.34. The lowest BCUT2D eigenvalue weighted by atomic mass is 9.98. The SMILES string of the molecule is CC(C)CC(N)C1CCC(C)O1. The number of hydrogen-bond donors (Lipinski definition) is 1. The molecule has 1 aliphatic rings. The molecule has 2 nitrogen and oxygen atoms in total. The first-order valence-corrected chi connectivity index (χ1v) is 5.00. The van der Waals surface area contributed by atoms with E-state index in [1.54, 1.807) is 0 Å². The van der Waals surface area contributed by atoms with Gasteiger partial charge in [0.05, 0.1) is 12.2 Å². The summed E-state index contributed by atoms with van der Waals surface area (Å²) in [7, 11) is 0. The normalized spacial score (nSPS) is 32.8. The summed E-state index contributed by atoms with van der Waals surface area (Å²) in [5.74, 6) is 0.680. The lowest BCUT2D eigenvalue weighted by Crippen LogP contribution is -2.35. The van der Waals surface area contributed by atoms with Crippen LogP contribution in [0.1, 0.15) is 40.0 Å². The Balaban J connectivity index is 2.28. The maximum Gasteiger partial charge on any atom is 0.0730 e. The van der Waals surface area contributed by atoms with Crippen LogP contribution in [0.15, 0.2) is 0 Å². The predicted octanol–water partition coefficient (Wildman–Crippen LogP) is 1.93. The molecule has 3 unspecified atom stereocenters. The fourth-order valence-corrected chi connectivity index (χ4v) is 1.84. The van der Waals surface area contributed by atoms with Crippen LogP contribution >= 0.6 is 0 Å². The summed E-state index contributed by atoms with van der Waals surface area (Å²) in [6.07, 6.45) is 4.15. The second kappa shape index (κ2) is 4.24. The highest BCUT2D eigenvalue weighted by atomic mass is 16.5. The summed E-state index contributed by atoms with van der Waals surface area (Å²) >= 11 is 0. The minimum Gasteiger partial charge on any atom is -0.374 e. The molecular weight excluding hydrogens is 150 g/mol. The molecular formula is C10H21NO. The third kappa shape index (κ3) is 2.76. The predicted molar refractivity (Wildman–Crippen MR) is 51.0 cm³/mol. The van der Waals surface area contributed by atoms with Crippen LogP contribution in [0.25, 0.3) is 0 Å². The zero-order valence-electron chi connectivity index (χ0n) is 8.42. The van der Waals surface area contributed by atoms with Gasteiger partial charge in [0.15, 0.2) is 0 Å². The Morgan fingerprint density at radius 1 is 1.42 bits per heavy atom. The quantitative estimate of drug-likeness (QED) is 0.704. The third-order valence-corrected chi connectivity index (χ3v) is 2.49. The van der Waals surface area contributed by atoms with Crippen molar-refractivity contribution in [2.45, 2.75) is 58.3 Å². The van der Waals surface area contributed by atoms with Gasteiger partial charge in [-0.05, 0) is 32.1 Å². The standard InChI is InChI=1S/C10H21NO/c1-7(2)6-9(11)10-5-4-8(3)12-10/h7-10H,4-6,11H2,1-3H3. The molecule has 2 N–H and O–H groups in total. The molecule has 0 aliphatic carbocycles. The van der Waals surface area contributed by atoms with Gasteiger partial charge in [-0.3, -0.25) is 0 Å². The largest absolute Gasteiger partial charge is 0.374 e. The van der Waals surface area contributed by atoms with Crippen molar-refractivity contribution in [2.75, 3.05) is 0 Å². The van der Waals surface area contributed by atoms with Gasteiger partial charge in [0.25, 0.3) is 0 Å². The van der Waals surface area contributed by atoms with Crippen LogP contribution in [-0.4, -0.2) is 18.2 Å². The van der Waals surface area contributed by atoms with Gasteiger partial charge in [-0.1, -0.05) is 13.8 Å². The zero-order chi connectivity index (χ0) is 9.14. The molecule has 0 amide bonds. The molecule has 2 heteroatoms. The highest BCUT2D eigenvalue weighted by Gasteiger charge is 2.27. The summed E-state index contributed by atoms with van der Waals surface area (Å²) < 4.78 is 5.70. The van der Waals surface area contributed by atoms with E-state index < -0.39 is 0 Å². The highest BCUT2D eigenvalue weighted by molar-refractivity contribution is 4.80. The second-order valence-electron chi connectivity index (χ2n) is 4.36. The van der Waals surface area contributed by atoms with E-state index in [1.807, 2.05) is 0 Å². The first-order chi connectivity index (χ1) is 5.59. The Labute approximate surface area is 75.5 Å². The van der Waals surface area contributed by atoms with Crippen LogP contribution in [0.4, 0.5) is 0 Å². The average molecular weight is 171 g/mol.